The lowest BCUT2D eigenvalue weighted by Gasteiger charge is -2.10. The second kappa shape index (κ2) is 6.85. The number of nitrogens with zero attached hydrogens (tertiary/aromatic N) is 1. The van der Waals surface area contributed by atoms with E-state index in [-0.39, 0.29) is 11.6 Å². The molecule has 0 bridgehead atoms. The molecule has 3 N–H and O–H groups in total. The zero-order chi connectivity index (χ0) is 15.2. The number of anilines is 1. The molecule has 1 aromatic heterocycles. The number of amides is 2. The lowest BCUT2D eigenvalue weighted by atomic mass is 10.1. The predicted molar refractivity (Wildman–Crippen MR) is 81.0 cm³/mol. The highest BCUT2D eigenvalue weighted by Gasteiger charge is 2.08. The van der Waals surface area contributed by atoms with Gasteiger partial charge in [0.25, 0.3) is 0 Å². The molecule has 2 amide bonds. The molecule has 0 fully saturated rings. The van der Waals surface area contributed by atoms with Gasteiger partial charge in [-0.2, -0.15) is 0 Å². The van der Waals surface area contributed by atoms with Gasteiger partial charge in [-0.25, -0.2) is 14.6 Å². The van der Waals surface area contributed by atoms with Crippen molar-refractivity contribution in [3.8, 4) is 0 Å². The lowest BCUT2D eigenvalue weighted by Crippen LogP contribution is -2.30. The number of aryl methyl sites for hydroxylation is 1. The standard InChI is InChI=1S/C14H15N3O3S/c1-9-6-10(13(18)19)2-3-12(9)17-14(20)15-5-4-11-7-21-8-16-11/h2-3,6-8H,4-5H2,1H3,(H,18,19)(H2,15,17,20). The van der Waals surface area contributed by atoms with Crippen molar-refractivity contribution in [3.05, 3.63) is 45.9 Å². The maximum atomic E-state index is 11.8. The number of carboxylic acid groups (broad SMARTS) is 1. The Morgan fingerprint density at radius 3 is 2.81 bits per heavy atom. The highest BCUT2D eigenvalue weighted by atomic mass is 32.1. The monoisotopic (exact) mass is 305 g/mol. The molecule has 2 rings (SSSR count). The number of hydrogen-bond acceptors (Lipinski definition) is 4. The number of rotatable bonds is 5. The van der Waals surface area contributed by atoms with E-state index in [1.165, 1.54) is 23.5 Å². The summed E-state index contributed by atoms with van der Waals surface area (Å²) in [7, 11) is 0. The molecule has 0 atom stereocenters. The Hall–Kier alpha value is -2.41. The third kappa shape index (κ3) is 4.28. The van der Waals surface area contributed by atoms with Gasteiger partial charge in [-0.1, -0.05) is 0 Å². The Morgan fingerprint density at radius 1 is 1.38 bits per heavy atom. The minimum absolute atomic E-state index is 0.196. The van der Waals surface area contributed by atoms with Crippen LogP contribution in [-0.4, -0.2) is 28.6 Å². The summed E-state index contributed by atoms with van der Waals surface area (Å²) in [4.78, 5) is 26.7. The van der Waals surface area contributed by atoms with Crippen LogP contribution in [0.5, 0.6) is 0 Å². The Balaban J connectivity index is 1.86. The number of urea groups is 1. The minimum atomic E-state index is -0.989. The van der Waals surface area contributed by atoms with E-state index in [0.717, 1.165) is 5.69 Å². The van der Waals surface area contributed by atoms with E-state index in [9.17, 15) is 9.59 Å². The van der Waals surface area contributed by atoms with Crippen molar-refractivity contribution in [2.24, 2.45) is 0 Å². The third-order valence-electron chi connectivity index (χ3n) is 2.87. The van der Waals surface area contributed by atoms with Crippen LogP contribution in [-0.2, 0) is 6.42 Å². The van der Waals surface area contributed by atoms with Gasteiger partial charge < -0.3 is 15.7 Å². The van der Waals surface area contributed by atoms with E-state index < -0.39 is 5.97 Å². The zero-order valence-electron chi connectivity index (χ0n) is 11.4. The number of carboxylic acids is 1. The van der Waals surface area contributed by atoms with Crippen LogP contribution in [0.15, 0.2) is 29.1 Å². The molecule has 0 saturated heterocycles. The molecule has 0 aliphatic carbocycles. The fourth-order valence-corrected chi connectivity index (χ4v) is 2.36. The van der Waals surface area contributed by atoms with E-state index in [0.29, 0.717) is 24.2 Å². The molecule has 2 aromatic rings. The van der Waals surface area contributed by atoms with Gasteiger partial charge in [-0.3, -0.25) is 0 Å². The molecular weight excluding hydrogens is 290 g/mol. The summed E-state index contributed by atoms with van der Waals surface area (Å²) in [6, 6.07) is 4.24. The Kier molecular flexibility index (Phi) is 4.89. The number of carbonyl (C=O) groups excluding carboxylic acids is 1. The predicted octanol–water partition coefficient (Wildman–Crippen LogP) is 2.51. The van der Waals surface area contributed by atoms with Gasteiger partial charge >= 0.3 is 12.0 Å². The molecule has 0 radical (unpaired) electrons. The van der Waals surface area contributed by atoms with Crippen LogP contribution >= 0.6 is 11.3 Å². The van der Waals surface area contributed by atoms with Crippen molar-refractivity contribution in [3.63, 3.8) is 0 Å². The molecule has 0 aliphatic rings. The molecule has 1 aromatic carbocycles. The molecule has 0 saturated carbocycles. The summed E-state index contributed by atoms with van der Waals surface area (Å²) in [6.07, 6.45) is 0.674. The molecule has 110 valence electrons. The van der Waals surface area contributed by atoms with Gasteiger partial charge in [-0.05, 0) is 30.7 Å². The summed E-state index contributed by atoms with van der Waals surface area (Å²) in [6.45, 7) is 2.24. The molecular formula is C14H15N3O3S. The summed E-state index contributed by atoms with van der Waals surface area (Å²) >= 11 is 1.52. The topological polar surface area (TPSA) is 91.3 Å². The number of carbonyl (C=O) groups is 2. The number of hydrogen-bond donors (Lipinski definition) is 3. The van der Waals surface area contributed by atoms with E-state index in [1.54, 1.807) is 18.5 Å². The lowest BCUT2D eigenvalue weighted by molar-refractivity contribution is 0.0697. The summed E-state index contributed by atoms with van der Waals surface area (Å²) in [5, 5.41) is 16.3. The number of nitrogens with one attached hydrogen (secondary N) is 2. The maximum Gasteiger partial charge on any atom is 0.335 e. The average molecular weight is 305 g/mol. The first-order valence-electron chi connectivity index (χ1n) is 6.32. The fourth-order valence-electron chi connectivity index (χ4n) is 1.77. The van der Waals surface area contributed by atoms with Crippen molar-refractivity contribution in [2.45, 2.75) is 13.3 Å². The Labute approximate surface area is 125 Å². The molecule has 0 unspecified atom stereocenters. The molecule has 21 heavy (non-hydrogen) atoms. The van der Waals surface area contributed by atoms with Crippen LogP contribution in [0.1, 0.15) is 21.6 Å². The van der Waals surface area contributed by atoms with Crippen LogP contribution in [0.4, 0.5) is 10.5 Å². The third-order valence-corrected chi connectivity index (χ3v) is 3.51. The van der Waals surface area contributed by atoms with Crippen LogP contribution in [0, 0.1) is 6.92 Å². The second-order valence-electron chi connectivity index (χ2n) is 4.45. The number of benzene rings is 1. The fraction of sp³-hybridized carbons (Fsp3) is 0.214. The van der Waals surface area contributed by atoms with Gasteiger partial charge in [0.05, 0.1) is 16.8 Å². The quantitative estimate of drug-likeness (QED) is 0.791. The average Bonchev–Trinajstić information content (AvgIpc) is 2.94. The minimum Gasteiger partial charge on any atom is -0.478 e. The van der Waals surface area contributed by atoms with E-state index >= 15 is 0 Å². The normalized spacial score (nSPS) is 10.1. The summed E-state index contributed by atoms with van der Waals surface area (Å²) in [5.74, 6) is -0.989. The first-order valence-corrected chi connectivity index (χ1v) is 7.26. The number of aromatic nitrogens is 1. The molecule has 1 heterocycles. The Morgan fingerprint density at radius 2 is 2.19 bits per heavy atom. The smallest absolute Gasteiger partial charge is 0.335 e. The van der Waals surface area contributed by atoms with E-state index in [2.05, 4.69) is 15.6 Å². The van der Waals surface area contributed by atoms with Crippen molar-refractivity contribution >= 4 is 29.0 Å². The van der Waals surface area contributed by atoms with Gasteiger partial charge in [-0.15, -0.1) is 11.3 Å². The van der Waals surface area contributed by atoms with Crippen molar-refractivity contribution < 1.29 is 14.7 Å². The molecule has 0 aliphatic heterocycles. The Bertz CT molecular complexity index is 641. The largest absolute Gasteiger partial charge is 0.478 e. The van der Waals surface area contributed by atoms with E-state index in [1.807, 2.05) is 5.38 Å². The maximum absolute atomic E-state index is 11.8. The van der Waals surface area contributed by atoms with Gasteiger partial charge in [0.2, 0.25) is 0 Å². The van der Waals surface area contributed by atoms with Crippen LogP contribution in [0.2, 0.25) is 0 Å². The first kappa shape index (κ1) is 15.0. The first-order chi connectivity index (χ1) is 10.1. The number of thiazole rings is 1. The van der Waals surface area contributed by atoms with Crippen LogP contribution < -0.4 is 10.6 Å². The zero-order valence-corrected chi connectivity index (χ0v) is 12.2. The summed E-state index contributed by atoms with van der Waals surface area (Å²) < 4.78 is 0. The summed E-state index contributed by atoms with van der Waals surface area (Å²) in [5.41, 5.74) is 4.18. The van der Waals surface area contributed by atoms with Crippen LogP contribution in [0.25, 0.3) is 0 Å². The van der Waals surface area contributed by atoms with Crippen molar-refractivity contribution in [1.82, 2.24) is 10.3 Å². The van der Waals surface area contributed by atoms with Gasteiger partial charge in [0, 0.05) is 24.0 Å². The van der Waals surface area contributed by atoms with Crippen molar-refractivity contribution in [1.29, 1.82) is 0 Å². The second-order valence-corrected chi connectivity index (χ2v) is 5.16. The molecule has 7 heteroatoms. The highest BCUT2D eigenvalue weighted by molar-refractivity contribution is 7.07. The van der Waals surface area contributed by atoms with Crippen molar-refractivity contribution in [2.75, 3.05) is 11.9 Å². The molecule has 6 nitrogen and oxygen atoms in total. The highest BCUT2D eigenvalue weighted by Crippen LogP contribution is 2.16. The van der Waals surface area contributed by atoms with Gasteiger partial charge in [0.15, 0.2) is 0 Å². The molecule has 0 spiro atoms. The number of aromatic carboxylic acids is 1. The van der Waals surface area contributed by atoms with Crippen LogP contribution in [0.3, 0.4) is 0 Å². The SMILES string of the molecule is Cc1cc(C(=O)O)ccc1NC(=O)NCCc1cscn1. The van der Waals surface area contributed by atoms with E-state index in [4.69, 9.17) is 5.11 Å². The van der Waals surface area contributed by atoms with Gasteiger partial charge in [0.1, 0.15) is 0 Å².